The van der Waals surface area contributed by atoms with Crippen molar-refractivity contribution in [1.29, 1.82) is 0 Å². The first-order valence-electron chi connectivity index (χ1n) is 7.35. The topological polar surface area (TPSA) is 56.3 Å². The Labute approximate surface area is 127 Å². The van der Waals surface area contributed by atoms with Crippen LogP contribution in [0.25, 0.3) is 10.9 Å². The Kier molecular flexibility index (Phi) is 3.88. The minimum Gasteiger partial charge on any atom is -0.451 e. The van der Waals surface area contributed by atoms with Crippen molar-refractivity contribution in [1.82, 2.24) is 4.98 Å². The standard InChI is InChI=1S/C17H16FNO3/c1-10-13(8-11-6-7-12(18)9-14(11)19-10)17(21)22-16-5-3-2-4-15(16)20/h6-9,16H,2-5H2,1H3. The predicted molar refractivity (Wildman–Crippen MR) is 79.1 cm³/mol. The van der Waals surface area contributed by atoms with E-state index in [9.17, 15) is 14.0 Å². The summed E-state index contributed by atoms with van der Waals surface area (Å²) >= 11 is 0. The lowest BCUT2D eigenvalue weighted by Crippen LogP contribution is -2.30. The van der Waals surface area contributed by atoms with Crippen LogP contribution in [0.4, 0.5) is 4.39 Å². The number of hydrogen-bond acceptors (Lipinski definition) is 4. The summed E-state index contributed by atoms with van der Waals surface area (Å²) in [6, 6.07) is 5.84. The zero-order valence-electron chi connectivity index (χ0n) is 12.3. The van der Waals surface area contributed by atoms with Gasteiger partial charge in [-0.25, -0.2) is 9.18 Å². The smallest absolute Gasteiger partial charge is 0.340 e. The van der Waals surface area contributed by atoms with E-state index in [1.54, 1.807) is 19.1 Å². The Hall–Kier alpha value is -2.30. The first-order valence-corrected chi connectivity index (χ1v) is 7.35. The van der Waals surface area contributed by atoms with Crippen molar-refractivity contribution in [2.75, 3.05) is 0 Å². The molecule has 1 unspecified atom stereocenters. The Bertz CT molecular complexity index is 757. The van der Waals surface area contributed by atoms with Gasteiger partial charge >= 0.3 is 5.97 Å². The summed E-state index contributed by atoms with van der Waals surface area (Å²) in [5.41, 5.74) is 1.27. The van der Waals surface area contributed by atoms with Crippen LogP contribution in [0.3, 0.4) is 0 Å². The summed E-state index contributed by atoms with van der Waals surface area (Å²) in [6.45, 7) is 1.67. The highest BCUT2D eigenvalue weighted by molar-refractivity contribution is 5.97. The van der Waals surface area contributed by atoms with Crippen LogP contribution >= 0.6 is 0 Å². The van der Waals surface area contributed by atoms with E-state index in [1.165, 1.54) is 12.1 Å². The second-order valence-corrected chi connectivity index (χ2v) is 5.56. The van der Waals surface area contributed by atoms with E-state index < -0.39 is 12.1 Å². The molecule has 1 fully saturated rings. The second kappa shape index (κ2) is 5.83. The molecule has 1 aliphatic rings. The van der Waals surface area contributed by atoms with Crippen molar-refractivity contribution in [3.05, 3.63) is 41.3 Å². The molecule has 0 saturated heterocycles. The number of nitrogens with zero attached hydrogens (tertiary/aromatic N) is 1. The fraction of sp³-hybridized carbons (Fsp3) is 0.353. The lowest BCUT2D eigenvalue weighted by Gasteiger charge is -2.21. The number of carbonyl (C=O) groups is 2. The lowest BCUT2D eigenvalue weighted by atomic mass is 9.96. The van der Waals surface area contributed by atoms with Crippen molar-refractivity contribution in [3.63, 3.8) is 0 Å². The number of aryl methyl sites for hydroxylation is 1. The third kappa shape index (κ3) is 2.84. The Morgan fingerprint density at radius 1 is 1.32 bits per heavy atom. The van der Waals surface area contributed by atoms with Crippen LogP contribution in [-0.4, -0.2) is 22.8 Å². The summed E-state index contributed by atoms with van der Waals surface area (Å²) in [4.78, 5) is 28.3. The molecular formula is C17H16FNO3. The SMILES string of the molecule is Cc1nc2cc(F)ccc2cc1C(=O)OC1CCCCC1=O. The summed E-state index contributed by atoms with van der Waals surface area (Å²) in [5, 5.41) is 0.661. The van der Waals surface area contributed by atoms with Gasteiger partial charge in [-0.05, 0) is 44.4 Å². The van der Waals surface area contributed by atoms with Crippen LogP contribution < -0.4 is 0 Å². The van der Waals surface area contributed by atoms with Gasteiger partial charge in [-0.2, -0.15) is 0 Å². The van der Waals surface area contributed by atoms with Crippen molar-refractivity contribution in [3.8, 4) is 0 Å². The molecule has 3 rings (SSSR count). The van der Waals surface area contributed by atoms with E-state index in [4.69, 9.17) is 4.74 Å². The van der Waals surface area contributed by atoms with Gasteiger partial charge in [0.1, 0.15) is 5.82 Å². The van der Waals surface area contributed by atoms with Crippen molar-refractivity contribution < 1.29 is 18.7 Å². The molecule has 1 atom stereocenters. The quantitative estimate of drug-likeness (QED) is 0.798. The number of esters is 1. The van der Waals surface area contributed by atoms with Crippen molar-refractivity contribution in [2.45, 2.75) is 38.7 Å². The number of rotatable bonds is 2. The number of fused-ring (bicyclic) bond motifs is 1. The molecule has 114 valence electrons. The van der Waals surface area contributed by atoms with E-state index in [-0.39, 0.29) is 11.6 Å². The van der Waals surface area contributed by atoms with E-state index >= 15 is 0 Å². The van der Waals surface area contributed by atoms with Crippen molar-refractivity contribution >= 4 is 22.7 Å². The molecule has 2 aromatic rings. The predicted octanol–water partition coefficient (Wildman–Crippen LogP) is 3.35. The highest BCUT2D eigenvalue weighted by atomic mass is 19.1. The molecule has 5 heteroatoms. The average Bonchev–Trinajstić information content (AvgIpc) is 2.48. The van der Waals surface area contributed by atoms with Crippen molar-refractivity contribution in [2.24, 2.45) is 0 Å². The monoisotopic (exact) mass is 301 g/mol. The Morgan fingerprint density at radius 3 is 2.91 bits per heavy atom. The fourth-order valence-corrected chi connectivity index (χ4v) is 2.71. The molecule has 0 radical (unpaired) electrons. The van der Waals surface area contributed by atoms with Gasteiger partial charge in [-0.1, -0.05) is 0 Å². The molecule has 0 bridgehead atoms. The van der Waals surface area contributed by atoms with E-state index in [1.807, 2.05) is 0 Å². The Morgan fingerprint density at radius 2 is 2.14 bits per heavy atom. The van der Waals surface area contributed by atoms with Crippen LogP contribution in [0.5, 0.6) is 0 Å². The molecule has 0 N–H and O–H groups in total. The first-order chi connectivity index (χ1) is 10.5. The minimum atomic E-state index is -0.649. The highest BCUT2D eigenvalue weighted by Gasteiger charge is 2.27. The largest absolute Gasteiger partial charge is 0.451 e. The number of halogens is 1. The van der Waals surface area contributed by atoms with Gasteiger partial charge in [-0.15, -0.1) is 0 Å². The highest BCUT2D eigenvalue weighted by Crippen LogP contribution is 2.22. The van der Waals surface area contributed by atoms with Gasteiger partial charge in [0, 0.05) is 17.9 Å². The van der Waals surface area contributed by atoms with E-state index in [0.717, 1.165) is 12.8 Å². The van der Waals surface area contributed by atoms with Gasteiger partial charge in [0.05, 0.1) is 16.8 Å². The maximum Gasteiger partial charge on any atom is 0.340 e. The molecule has 0 spiro atoms. The van der Waals surface area contributed by atoms with Gasteiger partial charge < -0.3 is 4.74 Å². The third-order valence-corrected chi connectivity index (χ3v) is 3.94. The van der Waals surface area contributed by atoms with Gasteiger partial charge in [-0.3, -0.25) is 9.78 Å². The van der Waals surface area contributed by atoms with E-state index in [2.05, 4.69) is 4.98 Å². The lowest BCUT2D eigenvalue weighted by molar-refractivity contribution is -0.129. The van der Waals surface area contributed by atoms with Crippen LogP contribution in [-0.2, 0) is 9.53 Å². The molecule has 1 aromatic carbocycles. The average molecular weight is 301 g/mol. The van der Waals surface area contributed by atoms with Crippen LogP contribution in [0.2, 0.25) is 0 Å². The van der Waals surface area contributed by atoms with Gasteiger partial charge in [0.2, 0.25) is 0 Å². The van der Waals surface area contributed by atoms with Crippen LogP contribution in [0, 0.1) is 12.7 Å². The normalized spacial score (nSPS) is 18.5. The molecule has 22 heavy (non-hydrogen) atoms. The number of benzene rings is 1. The molecular weight excluding hydrogens is 285 g/mol. The summed E-state index contributed by atoms with van der Waals surface area (Å²) in [6.07, 6.45) is 2.14. The first kappa shape index (κ1) is 14.6. The minimum absolute atomic E-state index is 0.0203. The number of carbonyl (C=O) groups excluding carboxylic acids is 2. The number of Topliss-reactive ketones (excluding diaryl/α,β-unsaturated/α-hetero) is 1. The number of ketones is 1. The molecule has 1 aliphatic carbocycles. The van der Waals surface area contributed by atoms with Crippen LogP contribution in [0.1, 0.15) is 41.7 Å². The maximum absolute atomic E-state index is 13.2. The van der Waals surface area contributed by atoms with Gasteiger partial charge in [0.15, 0.2) is 11.9 Å². The zero-order valence-corrected chi connectivity index (χ0v) is 12.3. The maximum atomic E-state index is 13.2. The molecule has 0 amide bonds. The summed E-state index contributed by atoms with van der Waals surface area (Å²) < 4.78 is 18.6. The molecule has 1 saturated carbocycles. The van der Waals surface area contributed by atoms with Gasteiger partial charge in [0.25, 0.3) is 0 Å². The molecule has 4 nitrogen and oxygen atoms in total. The number of pyridine rings is 1. The summed E-state index contributed by atoms with van der Waals surface area (Å²) in [5.74, 6) is -0.938. The van der Waals surface area contributed by atoms with E-state index in [0.29, 0.717) is 35.0 Å². The molecule has 1 aromatic heterocycles. The zero-order chi connectivity index (χ0) is 15.7. The number of aromatic nitrogens is 1. The number of ether oxygens (including phenoxy) is 1. The Balaban J connectivity index is 1.88. The summed E-state index contributed by atoms with van der Waals surface area (Å²) in [7, 11) is 0. The van der Waals surface area contributed by atoms with Crippen LogP contribution in [0.15, 0.2) is 24.3 Å². The molecule has 0 aliphatic heterocycles. The second-order valence-electron chi connectivity index (χ2n) is 5.56. The number of hydrogen-bond donors (Lipinski definition) is 0. The third-order valence-electron chi connectivity index (χ3n) is 3.94. The molecule has 1 heterocycles. The fourth-order valence-electron chi connectivity index (χ4n) is 2.71.